The number of aliphatic hydroxyl groups excluding tert-OH is 1. The molecule has 2 saturated heterocycles. The second kappa shape index (κ2) is 9.09. The maximum absolute atomic E-state index is 12.9. The van der Waals surface area contributed by atoms with Gasteiger partial charge in [-0.3, -0.25) is 4.79 Å². The molecule has 3 fully saturated rings. The molecule has 2 aliphatic heterocycles. The Morgan fingerprint density at radius 1 is 1.12 bits per heavy atom. The van der Waals surface area contributed by atoms with Crippen LogP contribution in [0.5, 0.6) is 5.75 Å². The largest absolute Gasteiger partial charge is 0.573 e. The van der Waals surface area contributed by atoms with Crippen molar-refractivity contribution in [1.29, 1.82) is 0 Å². The molecule has 2 heterocycles. The first kappa shape index (κ1) is 23.2. The zero-order valence-corrected chi connectivity index (χ0v) is 18.5. The van der Waals surface area contributed by atoms with Gasteiger partial charge in [0.1, 0.15) is 11.8 Å². The van der Waals surface area contributed by atoms with E-state index in [9.17, 15) is 23.1 Å². The summed E-state index contributed by atoms with van der Waals surface area (Å²) in [5.74, 6) is -0.296. The van der Waals surface area contributed by atoms with Gasteiger partial charge in [-0.1, -0.05) is 6.07 Å². The van der Waals surface area contributed by atoms with E-state index in [1.807, 2.05) is 9.80 Å². The number of rotatable bonds is 7. The standard InChI is InChI=1S/C23H32F3N3O3/c1-17-21(31)28(11-3-2-10-27-12-9-22(7-8-22)20(30)16-27)13-14-29(17)18-5-4-6-19(15-18)32-23(24,25)26/h4-6,15,17,20,30H,2-3,7-14,16H2,1H3. The molecule has 1 aromatic carbocycles. The number of anilines is 1. The number of piperazine rings is 1. The molecular weight excluding hydrogens is 423 g/mol. The van der Waals surface area contributed by atoms with Crippen LogP contribution in [0.15, 0.2) is 24.3 Å². The molecule has 1 aliphatic carbocycles. The summed E-state index contributed by atoms with van der Waals surface area (Å²) in [5, 5.41) is 10.3. The van der Waals surface area contributed by atoms with E-state index in [0.29, 0.717) is 25.3 Å². The first-order chi connectivity index (χ1) is 15.2. The fourth-order valence-corrected chi connectivity index (χ4v) is 5.03. The highest BCUT2D eigenvalue weighted by molar-refractivity contribution is 5.86. The minimum atomic E-state index is -4.75. The number of nitrogens with zero attached hydrogens (tertiary/aromatic N) is 3. The minimum absolute atomic E-state index is 0.0116. The third-order valence-electron chi connectivity index (χ3n) is 7.24. The Labute approximate surface area is 186 Å². The molecule has 2 unspecified atom stereocenters. The van der Waals surface area contributed by atoms with Crippen LogP contribution in [-0.2, 0) is 4.79 Å². The Morgan fingerprint density at radius 2 is 1.88 bits per heavy atom. The number of unbranched alkanes of at least 4 members (excludes halogenated alkanes) is 1. The molecule has 0 aromatic heterocycles. The van der Waals surface area contributed by atoms with E-state index in [0.717, 1.165) is 51.7 Å². The second-order valence-corrected chi connectivity index (χ2v) is 9.38. The first-order valence-electron chi connectivity index (χ1n) is 11.5. The van der Waals surface area contributed by atoms with Crippen molar-refractivity contribution in [2.75, 3.05) is 44.2 Å². The topological polar surface area (TPSA) is 56.2 Å². The van der Waals surface area contributed by atoms with Crippen LogP contribution in [0.2, 0.25) is 0 Å². The highest BCUT2D eigenvalue weighted by Crippen LogP contribution is 2.53. The van der Waals surface area contributed by atoms with E-state index < -0.39 is 12.4 Å². The molecule has 2 atom stereocenters. The normalized spacial score (nSPS) is 26.0. The Morgan fingerprint density at radius 3 is 2.56 bits per heavy atom. The average molecular weight is 456 g/mol. The number of aliphatic hydroxyl groups is 1. The monoisotopic (exact) mass is 455 g/mol. The van der Waals surface area contributed by atoms with Crippen LogP contribution in [0, 0.1) is 5.41 Å². The van der Waals surface area contributed by atoms with Gasteiger partial charge in [0.05, 0.1) is 6.10 Å². The zero-order chi connectivity index (χ0) is 22.9. The molecule has 0 bridgehead atoms. The van der Waals surface area contributed by atoms with Crippen molar-refractivity contribution >= 4 is 11.6 Å². The maximum atomic E-state index is 12.9. The lowest BCUT2D eigenvalue weighted by Gasteiger charge is -2.40. The van der Waals surface area contributed by atoms with Crippen molar-refractivity contribution in [3.63, 3.8) is 0 Å². The van der Waals surface area contributed by atoms with E-state index in [4.69, 9.17) is 0 Å². The van der Waals surface area contributed by atoms with Gasteiger partial charge in [-0.15, -0.1) is 13.2 Å². The molecule has 1 aromatic rings. The average Bonchev–Trinajstić information content (AvgIpc) is 3.51. The predicted octanol–water partition coefficient (Wildman–Crippen LogP) is 3.25. The molecule has 1 N–H and O–H groups in total. The number of hydrogen-bond acceptors (Lipinski definition) is 5. The highest BCUT2D eigenvalue weighted by atomic mass is 19.4. The number of hydrogen-bond donors (Lipinski definition) is 1. The molecule has 1 saturated carbocycles. The third-order valence-corrected chi connectivity index (χ3v) is 7.24. The molecule has 1 spiro atoms. The van der Waals surface area contributed by atoms with Gasteiger partial charge in [-0.05, 0) is 69.7 Å². The van der Waals surface area contributed by atoms with Gasteiger partial charge in [-0.2, -0.15) is 0 Å². The highest BCUT2D eigenvalue weighted by Gasteiger charge is 2.51. The fourth-order valence-electron chi connectivity index (χ4n) is 5.03. The zero-order valence-electron chi connectivity index (χ0n) is 18.5. The van der Waals surface area contributed by atoms with Crippen LogP contribution in [0.25, 0.3) is 0 Å². The van der Waals surface area contributed by atoms with Crippen LogP contribution in [0.4, 0.5) is 18.9 Å². The van der Waals surface area contributed by atoms with Crippen molar-refractivity contribution in [1.82, 2.24) is 9.80 Å². The van der Waals surface area contributed by atoms with Crippen molar-refractivity contribution in [3.05, 3.63) is 24.3 Å². The van der Waals surface area contributed by atoms with E-state index in [2.05, 4.69) is 9.64 Å². The smallest absolute Gasteiger partial charge is 0.406 e. The Kier molecular flexibility index (Phi) is 6.58. The molecular formula is C23H32F3N3O3. The first-order valence-corrected chi connectivity index (χ1v) is 11.5. The Balaban J connectivity index is 1.23. The van der Waals surface area contributed by atoms with E-state index in [1.165, 1.54) is 18.2 Å². The summed E-state index contributed by atoms with van der Waals surface area (Å²) in [6, 6.07) is 5.33. The second-order valence-electron chi connectivity index (χ2n) is 9.38. The summed E-state index contributed by atoms with van der Waals surface area (Å²) in [6.07, 6.45) is 0.323. The van der Waals surface area contributed by atoms with Gasteiger partial charge in [0, 0.05) is 37.9 Å². The van der Waals surface area contributed by atoms with Crippen LogP contribution in [0.3, 0.4) is 0 Å². The molecule has 32 heavy (non-hydrogen) atoms. The summed E-state index contributed by atoms with van der Waals surface area (Å²) >= 11 is 0. The van der Waals surface area contributed by atoms with Gasteiger partial charge >= 0.3 is 6.36 Å². The van der Waals surface area contributed by atoms with Crippen molar-refractivity contribution in [2.24, 2.45) is 5.41 Å². The number of alkyl halides is 3. The van der Waals surface area contributed by atoms with E-state index >= 15 is 0 Å². The summed E-state index contributed by atoms with van der Waals surface area (Å²) in [4.78, 5) is 18.9. The van der Waals surface area contributed by atoms with Crippen LogP contribution < -0.4 is 9.64 Å². The Bertz CT molecular complexity index is 815. The minimum Gasteiger partial charge on any atom is -0.406 e. The summed E-state index contributed by atoms with van der Waals surface area (Å²) in [6.45, 7) is 6.29. The van der Waals surface area contributed by atoms with Gasteiger partial charge < -0.3 is 24.5 Å². The predicted molar refractivity (Wildman–Crippen MR) is 114 cm³/mol. The lowest BCUT2D eigenvalue weighted by Crippen LogP contribution is -2.56. The SMILES string of the molecule is CC1C(=O)N(CCCCN2CCC3(CC3)C(O)C2)CCN1c1cccc(OC(F)(F)F)c1. The quantitative estimate of drug-likeness (QED) is 0.640. The molecule has 178 valence electrons. The van der Waals surface area contributed by atoms with Crippen molar-refractivity contribution in [3.8, 4) is 5.75 Å². The number of likely N-dealkylation sites (tertiary alicyclic amines) is 1. The maximum Gasteiger partial charge on any atom is 0.573 e. The van der Waals surface area contributed by atoms with Crippen LogP contribution >= 0.6 is 0 Å². The van der Waals surface area contributed by atoms with Gasteiger partial charge in [0.25, 0.3) is 0 Å². The number of benzene rings is 1. The summed E-state index contributed by atoms with van der Waals surface area (Å²) < 4.78 is 41.6. The molecule has 4 rings (SSSR count). The summed E-state index contributed by atoms with van der Waals surface area (Å²) in [5.41, 5.74) is 0.765. The van der Waals surface area contributed by atoms with Gasteiger partial charge in [0.2, 0.25) is 5.91 Å². The Hall–Kier alpha value is -2.00. The number of β-amino-alcohol motifs (C(OH)–C–C–N with tert-alkyl or cyclic N) is 1. The number of piperidine rings is 1. The van der Waals surface area contributed by atoms with Gasteiger partial charge in [-0.25, -0.2) is 0 Å². The number of carbonyl (C=O) groups excluding carboxylic acids is 1. The third kappa shape index (κ3) is 5.31. The number of halogens is 3. The van der Waals surface area contributed by atoms with E-state index in [-0.39, 0.29) is 23.2 Å². The number of carbonyl (C=O) groups is 1. The summed E-state index contributed by atoms with van der Waals surface area (Å²) in [7, 11) is 0. The lowest BCUT2D eigenvalue weighted by atomic mass is 9.90. The van der Waals surface area contributed by atoms with E-state index in [1.54, 1.807) is 13.0 Å². The molecule has 6 nitrogen and oxygen atoms in total. The molecule has 0 radical (unpaired) electrons. The fraction of sp³-hybridized carbons (Fsp3) is 0.696. The molecule has 3 aliphatic rings. The number of ether oxygens (including phenoxy) is 1. The number of amides is 1. The molecule has 9 heteroatoms. The van der Waals surface area contributed by atoms with Crippen LogP contribution in [0.1, 0.15) is 39.0 Å². The van der Waals surface area contributed by atoms with Crippen molar-refractivity contribution in [2.45, 2.75) is 57.5 Å². The lowest BCUT2D eigenvalue weighted by molar-refractivity contribution is -0.274. The van der Waals surface area contributed by atoms with Gasteiger partial charge in [0.15, 0.2) is 0 Å². The molecule has 1 amide bonds. The van der Waals surface area contributed by atoms with Crippen molar-refractivity contribution < 1.29 is 27.8 Å². The van der Waals surface area contributed by atoms with Crippen LogP contribution in [-0.4, -0.2) is 78.6 Å².